The van der Waals surface area contributed by atoms with Crippen LogP contribution < -0.4 is 10.6 Å². The number of thioether (sulfide) groups is 1. The molecule has 0 aliphatic rings. The molecule has 8 heteroatoms. The number of aromatic nitrogens is 2. The van der Waals surface area contributed by atoms with Crippen molar-refractivity contribution in [3.63, 3.8) is 0 Å². The number of benzene rings is 1. The maximum absolute atomic E-state index is 12.1. The molecule has 0 atom stereocenters. The first-order chi connectivity index (χ1) is 11.1. The number of nitrogens with zero attached hydrogens (tertiary/aromatic N) is 2. The first kappa shape index (κ1) is 17.2. The molecule has 120 valence electrons. The summed E-state index contributed by atoms with van der Waals surface area (Å²) in [6.45, 7) is 5.55. The molecule has 0 fully saturated rings. The fourth-order valence-electron chi connectivity index (χ4n) is 1.62. The number of carbonyl (C=O) groups excluding carboxylic acids is 2. The van der Waals surface area contributed by atoms with Crippen LogP contribution in [0, 0.1) is 0 Å². The third kappa shape index (κ3) is 5.50. The van der Waals surface area contributed by atoms with Gasteiger partial charge in [0.2, 0.25) is 11.0 Å². The largest absolute Gasteiger partial charge is 0.352 e. The van der Waals surface area contributed by atoms with Crippen molar-refractivity contribution < 1.29 is 9.59 Å². The number of hydrogen-bond acceptors (Lipinski definition) is 6. The van der Waals surface area contributed by atoms with E-state index in [1.54, 1.807) is 30.3 Å². The Balaban J connectivity index is 1.93. The fourth-order valence-corrected chi connectivity index (χ4v) is 3.13. The van der Waals surface area contributed by atoms with Crippen LogP contribution in [-0.2, 0) is 11.3 Å². The maximum Gasteiger partial charge on any atom is 0.257 e. The monoisotopic (exact) mass is 348 g/mol. The second-order valence-corrected chi connectivity index (χ2v) is 6.78. The Kier molecular flexibility index (Phi) is 6.30. The molecule has 23 heavy (non-hydrogen) atoms. The highest BCUT2D eigenvalue weighted by molar-refractivity contribution is 8.01. The van der Waals surface area contributed by atoms with Crippen LogP contribution in [0.4, 0.5) is 5.13 Å². The van der Waals surface area contributed by atoms with E-state index in [4.69, 9.17) is 0 Å². The van der Waals surface area contributed by atoms with Crippen LogP contribution in [0.2, 0.25) is 0 Å². The van der Waals surface area contributed by atoms with Crippen LogP contribution in [0.5, 0.6) is 0 Å². The molecule has 2 rings (SSSR count). The predicted molar refractivity (Wildman–Crippen MR) is 92.7 cm³/mol. The Morgan fingerprint density at radius 1 is 1.30 bits per heavy atom. The van der Waals surface area contributed by atoms with Crippen molar-refractivity contribution in [1.29, 1.82) is 0 Å². The number of amides is 2. The topological polar surface area (TPSA) is 84.0 Å². The summed E-state index contributed by atoms with van der Waals surface area (Å²) in [5, 5.41) is 13.8. The van der Waals surface area contributed by atoms with Gasteiger partial charge >= 0.3 is 0 Å². The molecule has 1 aromatic heterocycles. The number of hydrogen-bond donors (Lipinski definition) is 2. The molecule has 2 N–H and O–H groups in total. The van der Waals surface area contributed by atoms with Gasteiger partial charge in [-0.25, -0.2) is 0 Å². The Morgan fingerprint density at radius 2 is 2.04 bits per heavy atom. The summed E-state index contributed by atoms with van der Waals surface area (Å²) in [6.07, 6.45) is 1.78. The van der Waals surface area contributed by atoms with Crippen LogP contribution in [-0.4, -0.2) is 27.8 Å². The molecule has 0 spiro atoms. The van der Waals surface area contributed by atoms with Gasteiger partial charge in [0, 0.05) is 24.8 Å². The summed E-state index contributed by atoms with van der Waals surface area (Å²) >= 11 is 2.84. The molecule has 1 heterocycles. The van der Waals surface area contributed by atoms with E-state index in [0.29, 0.717) is 17.2 Å². The first-order valence-electron chi connectivity index (χ1n) is 6.80. The maximum atomic E-state index is 12.1. The van der Waals surface area contributed by atoms with E-state index in [9.17, 15) is 9.59 Å². The Morgan fingerprint density at radius 3 is 2.70 bits per heavy atom. The van der Waals surface area contributed by atoms with Crippen molar-refractivity contribution in [3.8, 4) is 0 Å². The molecule has 0 aliphatic carbocycles. The van der Waals surface area contributed by atoms with Gasteiger partial charge in [-0.15, -0.1) is 16.8 Å². The van der Waals surface area contributed by atoms with E-state index >= 15 is 0 Å². The third-order valence-electron chi connectivity index (χ3n) is 2.71. The van der Waals surface area contributed by atoms with Gasteiger partial charge in [0.25, 0.3) is 5.91 Å². The smallest absolute Gasteiger partial charge is 0.257 e. The van der Waals surface area contributed by atoms with Gasteiger partial charge in [0.05, 0.1) is 0 Å². The van der Waals surface area contributed by atoms with Crippen molar-refractivity contribution in [1.82, 2.24) is 15.5 Å². The van der Waals surface area contributed by atoms with E-state index in [0.717, 1.165) is 15.7 Å². The van der Waals surface area contributed by atoms with Crippen LogP contribution in [0.1, 0.15) is 22.8 Å². The molecular weight excluding hydrogens is 332 g/mol. The van der Waals surface area contributed by atoms with Gasteiger partial charge in [-0.2, -0.15) is 0 Å². The minimum absolute atomic E-state index is 0.0896. The zero-order chi connectivity index (χ0) is 16.7. The average molecular weight is 348 g/mol. The molecule has 0 radical (unpaired) electrons. The van der Waals surface area contributed by atoms with E-state index in [2.05, 4.69) is 27.4 Å². The zero-order valence-corrected chi connectivity index (χ0v) is 14.2. The minimum atomic E-state index is -0.243. The highest BCUT2D eigenvalue weighted by Crippen LogP contribution is 2.25. The quantitative estimate of drug-likeness (QED) is 0.457. The van der Waals surface area contributed by atoms with Gasteiger partial charge in [-0.05, 0) is 17.7 Å². The predicted octanol–water partition coefficient (Wildman–Crippen LogP) is 2.70. The minimum Gasteiger partial charge on any atom is -0.352 e. The van der Waals surface area contributed by atoms with Gasteiger partial charge in [-0.1, -0.05) is 41.3 Å². The molecule has 0 saturated heterocycles. The van der Waals surface area contributed by atoms with Crippen molar-refractivity contribution in [2.75, 3.05) is 11.1 Å². The summed E-state index contributed by atoms with van der Waals surface area (Å²) in [5.41, 5.74) is 1.45. The Bertz CT molecular complexity index is 698. The first-order valence-corrected chi connectivity index (χ1v) is 8.60. The Labute approximate surface area is 142 Å². The number of nitrogens with one attached hydrogen (secondary N) is 2. The molecule has 0 aliphatic heterocycles. The summed E-state index contributed by atoms with van der Waals surface area (Å²) in [6, 6.07) is 7.02. The molecule has 2 aromatic rings. The lowest BCUT2D eigenvalue weighted by Gasteiger charge is -2.04. The van der Waals surface area contributed by atoms with Gasteiger partial charge in [-0.3, -0.25) is 14.9 Å². The molecule has 0 bridgehead atoms. The van der Waals surface area contributed by atoms with Gasteiger partial charge in [0.15, 0.2) is 4.34 Å². The van der Waals surface area contributed by atoms with E-state index in [1.807, 2.05) is 0 Å². The molecular formula is C15H16N4O2S2. The van der Waals surface area contributed by atoms with Crippen LogP contribution in [0.15, 0.2) is 41.3 Å². The molecule has 0 saturated carbocycles. The highest BCUT2D eigenvalue weighted by atomic mass is 32.2. The van der Waals surface area contributed by atoms with Crippen molar-refractivity contribution in [3.05, 3.63) is 48.0 Å². The summed E-state index contributed by atoms with van der Waals surface area (Å²) in [4.78, 5) is 23.0. The summed E-state index contributed by atoms with van der Waals surface area (Å²) in [5.74, 6) is 0.416. The lowest BCUT2D eigenvalue weighted by Crippen LogP contribution is -2.19. The van der Waals surface area contributed by atoms with Crippen LogP contribution in [0.25, 0.3) is 0 Å². The lowest BCUT2D eigenvalue weighted by molar-refractivity contribution is -0.119. The van der Waals surface area contributed by atoms with E-state index in [1.165, 1.54) is 30.0 Å². The van der Waals surface area contributed by atoms with Gasteiger partial charge in [0.1, 0.15) is 0 Å². The average Bonchev–Trinajstić information content (AvgIpc) is 2.98. The molecule has 0 unspecified atom stereocenters. The van der Waals surface area contributed by atoms with Crippen molar-refractivity contribution in [2.45, 2.75) is 17.8 Å². The number of carbonyl (C=O) groups is 2. The summed E-state index contributed by atoms with van der Waals surface area (Å²) < 4.78 is 0.783. The molecule has 1 aromatic carbocycles. The Hall–Kier alpha value is -2.19. The third-order valence-corrected chi connectivity index (χ3v) is 4.68. The second kappa shape index (κ2) is 8.44. The fraction of sp³-hybridized carbons (Fsp3) is 0.200. The highest BCUT2D eigenvalue weighted by Gasteiger charge is 2.10. The SMILES string of the molecule is C=CCSc1nnc(NC(=O)c2ccc(CNC(C)=O)cc2)s1. The normalized spacial score (nSPS) is 10.1. The lowest BCUT2D eigenvalue weighted by atomic mass is 10.1. The number of rotatable bonds is 7. The standard InChI is InChI=1S/C15H16N4O2S2/c1-3-8-22-15-19-18-14(23-15)17-13(21)12-6-4-11(5-7-12)9-16-10(2)20/h3-7H,1,8-9H2,2H3,(H,16,20)(H,17,18,21). The van der Waals surface area contributed by atoms with Gasteiger partial charge < -0.3 is 5.32 Å². The van der Waals surface area contributed by atoms with Crippen LogP contribution >= 0.6 is 23.1 Å². The summed E-state index contributed by atoms with van der Waals surface area (Å²) in [7, 11) is 0. The van der Waals surface area contributed by atoms with E-state index in [-0.39, 0.29) is 11.8 Å². The van der Waals surface area contributed by atoms with Crippen molar-refractivity contribution in [2.24, 2.45) is 0 Å². The van der Waals surface area contributed by atoms with Crippen molar-refractivity contribution >= 4 is 40.0 Å². The van der Waals surface area contributed by atoms with E-state index < -0.39 is 0 Å². The molecule has 2 amide bonds. The van der Waals surface area contributed by atoms with Crippen LogP contribution in [0.3, 0.4) is 0 Å². The number of anilines is 1. The zero-order valence-electron chi connectivity index (χ0n) is 12.5. The molecule has 6 nitrogen and oxygen atoms in total. The second-order valence-electron chi connectivity index (χ2n) is 4.53.